The van der Waals surface area contributed by atoms with E-state index in [1.807, 2.05) is 43.3 Å². The summed E-state index contributed by atoms with van der Waals surface area (Å²) in [5.74, 6) is 0.991. The number of morpholine rings is 1. The Morgan fingerprint density at radius 2 is 1.97 bits per heavy atom. The molecule has 1 fully saturated rings. The number of carbonyl (C=O) groups is 1. The van der Waals surface area contributed by atoms with Gasteiger partial charge < -0.3 is 19.7 Å². The van der Waals surface area contributed by atoms with Gasteiger partial charge >= 0.3 is 0 Å². The first-order valence-corrected chi connectivity index (χ1v) is 10.6. The van der Waals surface area contributed by atoms with E-state index in [-0.39, 0.29) is 5.57 Å². The summed E-state index contributed by atoms with van der Waals surface area (Å²) < 4.78 is 10.9. The second kappa shape index (κ2) is 9.94. The minimum absolute atomic E-state index is 0.00507. The van der Waals surface area contributed by atoms with Crippen LogP contribution in [0.25, 0.3) is 17.0 Å². The number of para-hydroxylation sites is 1. The molecule has 7 heteroatoms. The fourth-order valence-corrected chi connectivity index (χ4v) is 3.56. The van der Waals surface area contributed by atoms with Gasteiger partial charge in [-0.05, 0) is 49.4 Å². The monoisotopic (exact) mass is 428 g/mol. The van der Waals surface area contributed by atoms with Crippen molar-refractivity contribution in [3.05, 3.63) is 65.7 Å². The second-order valence-corrected chi connectivity index (χ2v) is 7.27. The van der Waals surface area contributed by atoms with Crippen LogP contribution in [-0.2, 0) is 9.53 Å². The number of amides is 1. The molecule has 1 aliphatic rings. The molecule has 0 unspecified atom stereocenters. The van der Waals surface area contributed by atoms with E-state index in [1.165, 1.54) is 0 Å². The molecule has 0 spiro atoms. The Kier molecular flexibility index (Phi) is 6.63. The number of nitrogens with zero attached hydrogens (tertiary/aromatic N) is 3. The standard InChI is InChI=1S/C25H24N4O3/c1-2-32-22-9-7-21(8-10-22)27-25(30)20(17-26)16-19-15-18-5-3-4-6-23(18)28-24(19)29-11-13-31-14-12-29/h3-10,15-16H,2,11-14H2,1H3,(H,27,30). The highest BCUT2D eigenvalue weighted by Gasteiger charge is 2.18. The van der Waals surface area contributed by atoms with Crippen LogP contribution in [0.1, 0.15) is 12.5 Å². The maximum atomic E-state index is 12.8. The highest BCUT2D eigenvalue weighted by molar-refractivity contribution is 6.10. The van der Waals surface area contributed by atoms with Crippen LogP contribution >= 0.6 is 0 Å². The Morgan fingerprint density at radius 3 is 2.69 bits per heavy atom. The van der Waals surface area contributed by atoms with E-state index in [0.29, 0.717) is 38.6 Å². The van der Waals surface area contributed by atoms with E-state index < -0.39 is 5.91 Å². The molecular formula is C25H24N4O3. The first-order chi connectivity index (χ1) is 15.7. The third-order valence-corrected chi connectivity index (χ3v) is 5.13. The molecule has 2 aromatic carbocycles. The molecule has 0 bridgehead atoms. The molecule has 2 heterocycles. The summed E-state index contributed by atoms with van der Waals surface area (Å²) in [4.78, 5) is 19.8. The zero-order valence-corrected chi connectivity index (χ0v) is 17.9. The van der Waals surface area contributed by atoms with Crippen molar-refractivity contribution >= 4 is 34.4 Å². The zero-order chi connectivity index (χ0) is 22.3. The second-order valence-electron chi connectivity index (χ2n) is 7.27. The lowest BCUT2D eigenvalue weighted by Gasteiger charge is -2.29. The molecule has 1 saturated heterocycles. The third kappa shape index (κ3) is 4.88. The van der Waals surface area contributed by atoms with E-state index in [4.69, 9.17) is 14.5 Å². The zero-order valence-electron chi connectivity index (χ0n) is 17.9. The van der Waals surface area contributed by atoms with Crippen molar-refractivity contribution in [1.82, 2.24) is 4.98 Å². The summed E-state index contributed by atoms with van der Waals surface area (Å²) in [5, 5.41) is 13.4. The van der Waals surface area contributed by atoms with Gasteiger partial charge in [-0.2, -0.15) is 5.26 Å². The van der Waals surface area contributed by atoms with Crippen molar-refractivity contribution < 1.29 is 14.3 Å². The average Bonchev–Trinajstić information content (AvgIpc) is 2.84. The van der Waals surface area contributed by atoms with Crippen LogP contribution in [0.4, 0.5) is 11.5 Å². The van der Waals surface area contributed by atoms with Gasteiger partial charge in [-0.3, -0.25) is 4.79 Å². The van der Waals surface area contributed by atoms with Crippen molar-refractivity contribution in [2.45, 2.75) is 6.92 Å². The van der Waals surface area contributed by atoms with E-state index in [1.54, 1.807) is 30.3 Å². The third-order valence-electron chi connectivity index (χ3n) is 5.13. The SMILES string of the molecule is CCOc1ccc(NC(=O)C(C#N)=Cc2cc3ccccc3nc2N2CCOCC2)cc1. The smallest absolute Gasteiger partial charge is 0.266 e. The number of pyridine rings is 1. The summed E-state index contributed by atoms with van der Waals surface area (Å²) >= 11 is 0. The van der Waals surface area contributed by atoms with Gasteiger partial charge in [0.1, 0.15) is 23.2 Å². The highest BCUT2D eigenvalue weighted by atomic mass is 16.5. The average molecular weight is 428 g/mol. The molecule has 0 saturated carbocycles. The number of hydrogen-bond acceptors (Lipinski definition) is 6. The maximum Gasteiger partial charge on any atom is 0.266 e. The van der Waals surface area contributed by atoms with E-state index >= 15 is 0 Å². The van der Waals surface area contributed by atoms with Crippen molar-refractivity contribution in [3.63, 3.8) is 0 Å². The molecule has 7 nitrogen and oxygen atoms in total. The molecule has 0 radical (unpaired) electrons. The number of carbonyl (C=O) groups excluding carboxylic acids is 1. The van der Waals surface area contributed by atoms with Crippen LogP contribution in [0.5, 0.6) is 5.75 Å². The van der Waals surface area contributed by atoms with Gasteiger partial charge in [-0.25, -0.2) is 4.98 Å². The number of nitrogens with one attached hydrogen (secondary N) is 1. The van der Waals surface area contributed by atoms with Gasteiger partial charge in [0.05, 0.1) is 25.3 Å². The van der Waals surface area contributed by atoms with Crippen LogP contribution in [0, 0.1) is 11.3 Å². The molecule has 1 N–H and O–H groups in total. The molecule has 1 amide bonds. The van der Waals surface area contributed by atoms with Gasteiger partial charge in [0.25, 0.3) is 5.91 Å². The number of nitriles is 1. The molecule has 162 valence electrons. The number of fused-ring (bicyclic) bond motifs is 1. The van der Waals surface area contributed by atoms with Gasteiger partial charge in [0.15, 0.2) is 0 Å². The number of aromatic nitrogens is 1. The molecule has 3 aromatic rings. The highest BCUT2D eigenvalue weighted by Crippen LogP contribution is 2.27. The predicted octanol–water partition coefficient (Wildman–Crippen LogP) is 4.02. The lowest BCUT2D eigenvalue weighted by Crippen LogP contribution is -2.37. The Balaban J connectivity index is 1.65. The van der Waals surface area contributed by atoms with E-state index in [0.717, 1.165) is 28.0 Å². The minimum atomic E-state index is -0.474. The van der Waals surface area contributed by atoms with Crippen LogP contribution in [0.3, 0.4) is 0 Å². The summed E-state index contributed by atoms with van der Waals surface area (Å²) in [7, 11) is 0. The number of hydrogen-bond donors (Lipinski definition) is 1. The number of rotatable bonds is 6. The minimum Gasteiger partial charge on any atom is -0.494 e. The Bertz CT molecular complexity index is 1180. The molecule has 0 atom stereocenters. The lowest BCUT2D eigenvalue weighted by molar-refractivity contribution is -0.112. The van der Waals surface area contributed by atoms with Gasteiger partial charge in [0.2, 0.25) is 0 Å². The first kappa shape index (κ1) is 21.3. The fourth-order valence-electron chi connectivity index (χ4n) is 3.56. The van der Waals surface area contributed by atoms with Gasteiger partial charge in [-0.15, -0.1) is 0 Å². The quantitative estimate of drug-likeness (QED) is 0.471. The normalized spacial score (nSPS) is 14.1. The summed E-state index contributed by atoms with van der Waals surface area (Å²) in [6.45, 7) is 5.10. The van der Waals surface area contributed by atoms with Gasteiger partial charge in [-0.1, -0.05) is 18.2 Å². The summed E-state index contributed by atoms with van der Waals surface area (Å²) in [6.07, 6.45) is 1.61. The van der Waals surface area contributed by atoms with E-state index in [2.05, 4.69) is 10.2 Å². The van der Waals surface area contributed by atoms with Crippen molar-refractivity contribution in [1.29, 1.82) is 5.26 Å². The van der Waals surface area contributed by atoms with Crippen LogP contribution in [-0.4, -0.2) is 43.8 Å². The topological polar surface area (TPSA) is 87.5 Å². The Morgan fingerprint density at radius 1 is 1.22 bits per heavy atom. The summed E-state index contributed by atoms with van der Waals surface area (Å²) in [5.41, 5.74) is 2.18. The van der Waals surface area contributed by atoms with Crippen LogP contribution < -0.4 is 15.0 Å². The van der Waals surface area contributed by atoms with Crippen molar-refractivity contribution in [3.8, 4) is 11.8 Å². The Hall–Kier alpha value is -3.89. The fraction of sp³-hybridized carbons (Fsp3) is 0.240. The number of ether oxygens (including phenoxy) is 2. The van der Waals surface area contributed by atoms with Crippen LogP contribution in [0.2, 0.25) is 0 Å². The molecule has 32 heavy (non-hydrogen) atoms. The first-order valence-electron chi connectivity index (χ1n) is 10.6. The summed E-state index contributed by atoms with van der Waals surface area (Å²) in [6, 6.07) is 18.8. The molecule has 1 aliphatic heterocycles. The maximum absolute atomic E-state index is 12.8. The molecule has 4 rings (SSSR count). The van der Waals surface area contributed by atoms with Crippen molar-refractivity contribution in [2.75, 3.05) is 43.1 Å². The van der Waals surface area contributed by atoms with Gasteiger partial charge in [0, 0.05) is 29.7 Å². The molecule has 1 aromatic heterocycles. The largest absolute Gasteiger partial charge is 0.494 e. The van der Waals surface area contributed by atoms with Crippen molar-refractivity contribution in [2.24, 2.45) is 0 Å². The molecular weight excluding hydrogens is 404 g/mol. The lowest BCUT2D eigenvalue weighted by atomic mass is 10.1. The molecule has 0 aliphatic carbocycles. The number of anilines is 2. The predicted molar refractivity (Wildman–Crippen MR) is 125 cm³/mol. The van der Waals surface area contributed by atoms with Crippen LogP contribution in [0.15, 0.2) is 60.2 Å². The van der Waals surface area contributed by atoms with E-state index in [9.17, 15) is 10.1 Å². The number of benzene rings is 2. The Labute approximate surface area is 186 Å².